The molecule has 0 aliphatic carbocycles. The summed E-state index contributed by atoms with van der Waals surface area (Å²) in [5, 5.41) is 4.89. The summed E-state index contributed by atoms with van der Waals surface area (Å²) in [4.78, 5) is 1.47. The molecule has 3 heteroatoms. The zero-order chi connectivity index (χ0) is 19.9. The van der Waals surface area contributed by atoms with Crippen LogP contribution in [0, 0.1) is 0 Å². The van der Waals surface area contributed by atoms with E-state index in [0.717, 1.165) is 32.4 Å². The van der Waals surface area contributed by atoms with E-state index in [-0.39, 0.29) is 0 Å². The number of rotatable bonds is 9. The van der Waals surface area contributed by atoms with Gasteiger partial charge in [0.1, 0.15) is 0 Å². The Balaban J connectivity index is 1.41. The third-order valence-corrected chi connectivity index (χ3v) is 6.83. The fraction of sp³-hybridized carbons (Fsp3) is 0.231. The van der Waals surface area contributed by atoms with Gasteiger partial charge in [0.15, 0.2) is 0 Å². The summed E-state index contributed by atoms with van der Waals surface area (Å²) in [5.41, 5.74) is 2.70. The Morgan fingerprint density at radius 1 is 0.793 bits per heavy atom. The lowest BCUT2D eigenvalue weighted by Crippen LogP contribution is -2.16. The van der Waals surface area contributed by atoms with Crippen LogP contribution in [-0.4, -0.2) is 11.0 Å². The predicted octanol–water partition coefficient (Wildman–Crippen LogP) is 7.66. The van der Waals surface area contributed by atoms with Gasteiger partial charge in [-0.05, 0) is 70.3 Å². The Morgan fingerprint density at radius 3 is 2.41 bits per heavy atom. The second-order valence-electron chi connectivity index (χ2n) is 7.51. The van der Waals surface area contributed by atoms with Gasteiger partial charge in [-0.1, -0.05) is 78.9 Å². The summed E-state index contributed by atoms with van der Waals surface area (Å²) in [5.74, 6) is 0.533. The molecule has 0 spiro atoms. The molecule has 148 valence electrons. The summed E-state index contributed by atoms with van der Waals surface area (Å²) in [6.45, 7) is 1.66. The number of benzene rings is 3. The molecule has 3 aromatic carbocycles. The Morgan fingerprint density at radius 2 is 1.59 bits per heavy atom. The van der Waals surface area contributed by atoms with Crippen LogP contribution in [0.5, 0.6) is 0 Å². The predicted molar refractivity (Wildman–Crippen MR) is 127 cm³/mol. The molecule has 29 heavy (non-hydrogen) atoms. The lowest BCUT2D eigenvalue weighted by Gasteiger charge is -2.20. The van der Waals surface area contributed by atoms with E-state index >= 15 is 0 Å². The molecule has 0 unspecified atom stereocenters. The first-order valence-corrected chi connectivity index (χ1v) is 11.5. The molecular weight excluding hydrogens is 394 g/mol. The number of fused-ring (bicyclic) bond motifs is 1. The van der Waals surface area contributed by atoms with Crippen molar-refractivity contribution in [2.24, 2.45) is 0 Å². The van der Waals surface area contributed by atoms with Gasteiger partial charge in [-0.3, -0.25) is 0 Å². The lowest BCUT2D eigenvalue weighted by atomic mass is 9.93. The molecule has 0 amide bonds. The lowest BCUT2D eigenvalue weighted by molar-refractivity contribution is 0.410. The number of aryl methyl sites for hydroxylation is 1. The maximum atomic E-state index is 6.55. The number of halogens is 1. The molecule has 0 fully saturated rings. The Labute approximate surface area is 182 Å². The van der Waals surface area contributed by atoms with E-state index < -0.39 is 0 Å². The summed E-state index contributed by atoms with van der Waals surface area (Å²) in [6.07, 6.45) is 3.30. The maximum Gasteiger partial charge on any atom is 0.0389 e. The van der Waals surface area contributed by atoms with Crippen molar-refractivity contribution in [3.05, 3.63) is 106 Å². The van der Waals surface area contributed by atoms with Crippen LogP contribution in [0.15, 0.2) is 90.3 Å². The smallest absolute Gasteiger partial charge is 0.0389 e. The Hall–Kier alpha value is -2.13. The van der Waals surface area contributed by atoms with Gasteiger partial charge in [0, 0.05) is 18.0 Å². The van der Waals surface area contributed by atoms with Gasteiger partial charge in [-0.15, -0.1) is 11.3 Å². The van der Waals surface area contributed by atoms with E-state index in [1.54, 1.807) is 0 Å². The normalized spacial score (nSPS) is 12.5. The molecule has 0 bridgehead atoms. The highest BCUT2D eigenvalue weighted by molar-refractivity contribution is 7.10. The quantitative estimate of drug-likeness (QED) is 0.251. The zero-order valence-corrected chi connectivity index (χ0v) is 18.1. The van der Waals surface area contributed by atoms with Crippen LogP contribution in [0.4, 0.5) is 0 Å². The molecule has 0 saturated heterocycles. The molecule has 4 rings (SSSR count). The first-order chi connectivity index (χ1) is 14.3. The first-order valence-electron chi connectivity index (χ1n) is 10.2. The molecule has 0 radical (unpaired) electrons. The van der Waals surface area contributed by atoms with Gasteiger partial charge in [-0.2, -0.15) is 0 Å². The number of hydrogen-bond acceptors (Lipinski definition) is 2. The first kappa shape index (κ1) is 20.2. The van der Waals surface area contributed by atoms with Crippen molar-refractivity contribution in [1.82, 2.24) is 4.42 Å². The van der Waals surface area contributed by atoms with Crippen LogP contribution in [0.25, 0.3) is 10.8 Å². The number of thiophene rings is 1. The molecule has 1 heterocycles. The highest BCUT2D eigenvalue weighted by atomic mass is 35.5. The molecule has 1 atom stereocenters. The molecule has 1 aromatic heterocycles. The molecule has 0 aliphatic rings. The van der Waals surface area contributed by atoms with Crippen LogP contribution in [-0.2, 0) is 13.0 Å². The SMILES string of the molecule is ClN(CC[C@H](CCc1cccc2ccccc12)c1cccs1)Cc1ccccc1. The molecular formula is C26H26ClNS. The summed E-state index contributed by atoms with van der Waals surface area (Å²) in [7, 11) is 0. The minimum absolute atomic E-state index is 0.533. The maximum absolute atomic E-state index is 6.55. The Bertz CT molecular complexity index is 1010. The summed E-state index contributed by atoms with van der Waals surface area (Å²) < 4.78 is 1.92. The fourth-order valence-electron chi connectivity index (χ4n) is 3.95. The fourth-order valence-corrected chi connectivity index (χ4v) is 5.08. The summed E-state index contributed by atoms with van der Waals surface area (Å²) >= 11 is 8.42. The van der Waals surface area contributed by atoms with Crippen LogP contribution in [0.3, 0.4) is 0 Å². The highest BCUT2D eigenvalue weighted by Crippen LogP contribution is 2.31. The largest absolute Gasteiger partial charge is 0.216 e. The van der Waals surface area contributed by atoms with Crippen molar-refractivity contribution in [3.63, 3.8) is 0 Å². The molecule has 1 nitrogen and oxygen atoms in total. The van der Waals surface area contributed by atoms with Gasteiger partial charge >= 0.3 is 0 Å². The number of nitrogens with zero attached hydrogens (tertiary/aromatic N) is 1. The van der Waals surface area contributed by atoms with E-state index in [4.69, 9.17) is 11.8 Å². The molecule has 0 saturated carbocycles. The highest BCUT2D eigenvalue weighted by Gasteiger charge is 2.15. The summed E-state index contributed by atoms with van der Waals surface area (Å²) in [6, 6.07) is 30.2. The minimum atomic E-state index is 0.533. The van der Waals surface area contributed by atoms with E-state index in [0.29, 0.717) is 5.92 Å². The van der Waals surface area contributed by atoms with E-state index in [9.17, 15) is 0 Å². The van der Waals surface area contributed by atoms with Crippen LogP contribution < -0.4 is 0 Å². The molecule has 0 N–H and O–H groups in total. The minimum Gasteiger partial charge on any atom is -0.216 e. The van der Waals surface area contributed by atoms with Gasteiger partial charge in [0.05, 0.1) is 0 Å². The second kappa shape index (κ2) is 10.1. The van der Waals surface area contributed by atoms with Gasteiger partial charge < -0.3 is 0 Å². The third-order valence-electron chi connectivity index (χ3n) is 5.50. The Kier molecular flexibility index (Phi) is 7.00. The third kappa shape index (κ3) is 5.48. The van der Waals surface area contributed by atoms with Crippen molar-refractivity contribution >= 4 is 33.9 Å². The zero-order valence-electron chi connectivity index (χ0n) is 16.5. The standard InChI is InChI=1S/C26H26ClNS/c27-28(20-21-8-2-1-3-9-21)18-17-24(26-14-7-19-29-26)16-15-23-12-6-11-22-10-4-5-13-25(22)23/h1-14,19,24H,15-18,20H2/t24-/m0/s1. The van der Waals surface area contributed by atoms with Crippen molar-refractivity contribution in [3.8, 4) is 0 Å². The van der Waals surface area contributed by atoms with Crippen molar-refractivity contribution in [2.75, 3.05) is 6.54 Å². The molecule has 0 aliphatic heterocycles. The van der Waals surface area contributed by atoms with Crippen LogP contribution >= 0.6 is 23.1 Å². The average Bonchev–Trinajstić information content (AvgIpc) is 3.29. The molecule has 4 aromatic rings. The number of hydrogen-bond donors (Lipinski definition) is 0. The van der Waals surface area contributed by atoms with Crippen LogP contribution in [0.1, 0.15) is 34.8 Å². The topological polar surface area (TPSA) is 3.24 Å². The average molecular weight is 420 g/mol. The van der Waals surface area contributed by atoms with Crippen molar-refractivity contribution in [1.29, 1.82) is 0 Å². The van der Waals surface area contributed by atoms with E-state index in [1.165, 1.54) is 26.8 Å². The second-order valence-corrected chi connectivity index (χ2v) is 8.97. The monoisotopic (exact) mass is 419 g/mol. The van der Waals surface area contributed by atoms with Gasteiger partial charge in [0.25, 0.3) is 0 Å². The van der Waals surface area contributed by atoms with Crippen LogP contribution in [0.2, 0.25) is 0 Å². The van der Waals surface area contributed by atoms with Crippen molar-refractivity contribution < 1.29 is 0 Å². The van der Waals surface area contributed by atoms with Gasteiger partial charge in [0.2, 0.25) is 0 Å². The van der Waals surface area contributed by atoms with E-state index in [2.05, 4.69) is 84.2 Å². The van der Waals surface area contributed by atoms with Crippen molar-refractivity contribution in [2.45, 2.75) is 31.7 Å². The van der Waals surface area contributed by atoms with Gasteiger partial charge in [-0.25, -0.2) is 4.42 Å². The van der Waals surface area contributed by atoms with E-state index in [1.807, 2.05) is 21.8 Å².